The average Bonchev–Trinajstić information content (AvgIpc) is 2.43. The largest absolute Gasteiger partial charge is 0.396 e. The Kier molecular flexibility index (Phi) is 3.62. The monoisotopic (exact) mass is 273 g/mol. The van der Waals surface area contributed by atoms with Gasteiger partial charge in [-0.3, -0.25) is 4.79 Å². The lowest BCUT2D eigenvalue weighted by atomic mass is 10.1. The number of rotatable bonds is 2. The molecule has 2 aromatic rings. The topological polar surface area (TPSA) is 78.9 Å². The molecule has 2 rings (SSSR count). The molecule has 0 saturated carbocycles. The summed E-state index contributed by atoms with van der Waals surface area (Å²) in [5, 5.41) is 11.1. The van der Waals surface area contributed by atoms with Crippen molar-refractivity contribution in [1.29, 1.82) is 5.26 Å². The summed E-state index contributed by atoms with van der Waals surface area (Å²) in [7, 11) is 0. The molecule has 6 heteroatoms. The highest BCUT2D eigenvalue weighted by Crippen LogP contribution is 2.18. The summed E-state index contributed by atoms with van der Waals surface area (Å²) in [5.74, 6) is -2.67. The number of anilines is 2. The van der Waals surface area contributed by atoms with E-state index in [1.54, 1.807) is 0 Å². The van der Waals surface area contributed by atoms with E-state index in [1.807, 2.05) is 6.07 Å². The smallest absolute Gasteiger partial charge is 0.258 e. The standard InChI is InChI=1S/C14H9F2N3O/c15-11-6-12(16)13(18)5-10(11)14(20)19-9-3-1-8(7-17)2-4-9/h1-6H,18H2,(H,19,20). The van der Waals surface area contributed by atoms with Gasteiger partial charge in [0, 0.05) is 11.8 Å². The molecule has 0 saturated heterocycles. The lowest BCUT2D eigenvalue weighted by Crippen LogP contribution is -2.14. The fraction of sp³-hybridized carbons (Fsp3) is 0. The van der Waals surface area contributed by atoms with Crippen molar-refractivity contribution in [2.45, 2.75) is 0 Å². The molecule has 0 atom stereocenters. The first kappa shape index (κ1) is 13.5. The van der Waals surface area contributed by atoms with Crippen molar-refractivity contribution in [3.8, 4) is 6.07 Å². The molecule has 0 spiro atoms. The molecule has 1 amide bonds. The van der Waals surface area contributed by atoms with Crippen LogP contribution in [0.2, 0.25) is 0 Å². The van der Waals surface area contributed by atoms with Crippen molar-refractivity contribution in [1.82, 2.24) is 0 Å². The zero-order valence-corrected chi connectivity index (χ0v) is 10.2. The summed E-state index contributed by atoms with van der Waals surface area (Å²) in [5.41, 5.74) is 5.45. The molecule has 0 fully saturated rings. The second kappa shape index (κ2) is 5.36. The molecule has 4 nitrogen and oxygen atoms in total. The lowest BCUT2D eigenvalue weighted by Gasteiger charge is -2.07. The minimum Gasteiger partial charge on any atom is -0.396 e. The van der Waals surface area contributed by atoms with E-state index in [1.165, 1.54) is 24.3 Å². The van der Waals surface area contributed by atoms with Crippen LogP contribution < -0.4 is 11.1 Å². The van der Waals surface area contributed by atoms with E-state index >= 15 is 0 Å². The fourth-order valence-electron chi connectivity index (χ4n) is 1.57. The number of nitrogens with one attached hydrogen (secondary N) is 1. The van der Waals surface area contributed by atoms with Crippen molar-refractivity contribution in [2.24, 2.45) is 0 Å². The number of nitrogens with two attached hydrogens (primary N) is 1. The summed E-state index contributed by atoms with van der Waals surface area (Å²) in [4.78, 5) is 11.9. The zero-order chi connectivity index (χ0) is 14.7. The van der Waals surface area contributed by atoms with Gasteiger partial charge in [0.25, 0.3) is 5.91 Å². The highest BCUT2D eigenvalue weighted by molar-refractivity contribution is 6.05. The quantitative estimate of drug-likeness (QED) is 0.825. The van der Waals surface area contributed by atoms with E-state index in [9.17, 15) is 13.6 Å². The van der Waals surface area contributed by atoms with E-state index in [0.717, 1.165) is 6.07 Å². The van der Waals surface area contributed by atoms with Crippen LogP contribution in [0.1, 0.15) is 15.9 Å². The highest BCUT2D eigenvalue weighted by Gasteiger charge is 2.15. The number of carbonyl (C=O) groups is 1. The third kappa shape index (κ3) is 2.72. The average molecular weight is 273 g/mol. The number of carbonyl (C=O) groups excluding carboxylic acids is 1. The van der Waals surface area contributed by atoms with E-state index in [4.69, 9.17) is 11.0 Å². The Morgan fingerprint density at radius 2 is 1.80 bits per heavy atom. The van der Waals surface area contributed by atoms with E-state index in [-0.39, 0.29) is 11.3 Å². The summed E-state index contributed by atoms with van der Waals surface area (Å²) in [6.45, 7) is 0. The Labute approximate surface area is 113 Å². The SMILES string of the molecule is N#Cc1ccc(NC(=O)c2cc(N)c(F)cc2F)cc1. The molecular weight excluding hydrogens is 264 g/mol. The minimum atomic E-state index is -0.997. The Morgan fingerprint density at radius 3 is 2.40 bits per heavy atom. The number of amides is 1. The molecule has 0 bridgehead atoms. The molecule has 0 radical (unpaired) electrons. The van der Waals surface area contributed by atoms with Gasteiger partial charge >= 0.3 is 0 Å². The van der Waals surface area contributed by atoms with Crippen LogP contribution in [0.3, 0.4) is 0 Å². The number of nitrogens with zero attached hydrogens (tertiary/aromatic N) is 1. The fourth-order valence-corrected chi connectivity index (χ4v) is 1.57. The van der Waals surface area contributed by atoms with Gasteiger partial charge in [0.05, 0.1) is 22.9 Å². The number of nitrogen functional groups attached to an aromatic ring is 1. The second-order valence-corrected chi connectivity index (χ2v) is 4.00. The van der Waals surface area contributed by atoms with Crippen LogP contribution in [-0.2, 0) is 0 Å². The number of hydrogen-bond acceptors (Lipinski definition) is 3. The van der Waals surface area contributed by atoms with E-state index in [0.29, 0.717) is 17.3 Å². The normalized spacial score (nSPS) is 9.85. The maximum Gasteiger partial charge on any atom is 0.258 e. The Balaban J connectivity index is 2.24. The van der Waals surface area contributed by atoms with Gasteiger partial charge in [-0.05, 0) is 30.3 Å². The van der Waals surface area contributed by atoms with E-state index < -0.39 is 17.5 Å². The van der Waals surface area contributed by atoms with Crippen molar-refractivity contribution in [2.75, 3.05) is 11.1 Å². The molecule has 20 heavy (non-hydrogen) atoms. The van der Waals surface area contributed by atoms with Gasteiger partial charge in [-0.15, -0.1) is 0 Å². The first-order chi connectivity index (χ1) is 9.51. The minimum absolute atomic E-state index is 0.309. The van der Waals surface area contributed by atoms with Crippen molar-refractivity contribution < 1.29 is 13.6 Å². The first-order valence-corrected chi connectivity index (χ1v) is 5.57. The Bertz CT molecular complexity index is 706. The van der Waals surface area contributed by atoms with Gasteiger partial charge in [-0.25, -0.2) is 8.78 Å². The predicted octanol–water partition coefficient (Wildman–Crippen LogP) is 2.67. The number of nitriles is 1. The van der Waals surface area contributed by atoms with Gasteiger partial charge in [0.2, 0.25) is 0 Å². The Hall–Kier alpha value is -2.94. The predicted molar refractivity (Wildman–Crippen MR) is 69.9 cm³/mol. The molecule has 0 heterocycles. The summed E-state index contributed by atoms with van der Waals surface area (Å²) in [6.07, 6.45) is 0. The van der Waals surface area contributed by atoms with Gasteiger partial charge in [-0.2, -0.15) is 5.26 Å². The van der Waals surface area contributed by atoms with Crippen LogP contribution in [0.4, 0.5) is 20.2 Å². The van der Waals surface area contributed by atoms with Gasteiger partial charge in [0.15, 0.2) is 0 Å². The molecule has 100 valence electrons. The zero-order valence-electron chi connectivity index (χ0n) is 10.2. The van der Waals surface area contributed by atoms with Crippen molar-refractivity contribution in [3.05, 3.63) is 59.2 Å². The van der Waals surface area contributed by atoms with Crippen LogP contribution >= 0.6 is 0 Å². The maximum atomic E-state index is 13.5. The molecule has 0 aliphatic rings. The molecule has 2 aromatic carbocycles. The number of benzene rings is 2. The third-order valence-corrected chi connectivity index (χ3v) is 2.60. The van der Waals surface area contributed by atoms with Crippen LogP contribution in [-0.4, -0.2) is 5.91 Å². The summed E-state index contributed by atoms with van der Waals surface area (Å²) >= 11 is 0. The highest BCUT2D eigenvalue weighted by atomic mass is 19.1. The lowest BCUT2D eigenvalue weighted by molar-refractivity contribution is 0.102. The second-order valence-electron chi connectivity index (χ2n) is 4.00. The van der Waals surface area contributed by atoms with Crippen LogP contribution in [0.25, 0.3) is 0 Å². The van der Waals surface area contributed by atoms with Crippen LogP contribution in [0.15, 0.2) is 36.4 Å². The maximum absolute atomic E-state index is 13.5. The van der Waals surface area contributed by atoms with E-state index in [2.05, 4.69) is 5.32 Å². The van der Waals surface area contributed by atoms with Crippen molar-refractivity contribution in [3.63, 3.8) is 0 Å². The molecule has 0 aromatic heterocycles. The summed E-state index contributed by atoms with van der Waals surface area (Å²) in [6, 6.07) is 9.44. The molecular formula is C14H9F2N3O. The third-order valence-electron chi connectivity index (χ3n) is 2.60. The number of hydrogen-bond donors (Lipinski definition) is 2. The first-order valence-electron chi connectivity index (χ1n) is 5.57. The molecule has 0 aliphatic carbocycles. The van der Waals surface area contributed by atoms with Crippen LogP contribution in [0, 0.1) is 23.0 Å². The summed E-state index contributed by atoms with van der Waals surface area (Å²) < 4.78 is 26.5. The van der Waals surface area contributed by atoms with Gasteiger partial charge < -0.3 is 11.1 Å². The molecule has 0 aliphatic heterocycles. The molecule has 0 unspecified atom stereocenters. The van der Waals surface area contributed by atoms with Gasteiger partial charge in [0.1, 0.15) is 11.6 Å². The molecule has 3 N–H and O–H groups in total. The van der Waals surface area contributed by atoms with Gasteiger partial charge in [-0.1, -0.05) is 0 Å². The van der Waals surface area contributed by atoms with Crippen molar-refractivity contribution >= 4 is 17.3 Å². The Morgan fingerprint density at radius 1 is 1.15 bits per heavy atom. The van der Waals surface area contributed by atoms with Crippen LogP contribution in [0.5, 0.6) is 0 Å². The number of halogens is 2.